The molecular weight excluding hydrogens is 265 g/mol. The van der Waals surface area contributed by atoms with Crippen molar-refractivity contribution in [3.05, 3.63) is 33.8 Å². The number of carboxylic acid groups (broad SMARTS) is 1. The summed E-state index contributed by atoms with van der Waals surface area (Å²) in [6, 6.07) is 4.62. The van der Waals surface area contributed by atoms with Gasteiger partial charge < -0.3 is 10.4 Å². The van der Waals surface area contributed by atoms with Gasteiger partial charge in [-0.05, 0) is 18.2 Å². The summed E-state index contributed by atoms with van der Waals surface area (Å²) in [4.78, 5) is 21.9. The van der Waals surface area contributed by atoms with Gasteiger partial charge in [0.05, 0.1) is 18.0 Å². The molecule has 0 amide bonds. The second-order valence-corrected chi connectivity index (χ2v) is 4.21. The third-order valence-electron chi connectivity index (χ3n) is 2.03. The number of benzene rings is 1. The average molecular weight is 276 g/mol. The number of carboxylic acids is 1. The number of Topliss-reactive ketones (excluding diaryl/α,β-unsaturated/α-hetero) is 1. The highest BCUT2D eigenvalue weighted by Gasteiger charge is 2.10. The monoisotopic (exact) mass is 275 g/mol. The van der Waals surface area contributed by atoms with Gasteiger partial charge in [0.15, 0.2) is 5.78 Å². The largest absolute Gasteiger partial charge is 0.481 e. The normalized spacial score (nSPS) is 10.2. The van der Waals surface area contributed by atoms with Crippen LogP contribution in [0.5, 0.6) is 0 Å². The zero-order chi connectivity index (χ0) is 12.8. The van der Waals surface area contributed by atoms with Crippen molar-refractivity contribution in [1.29, 1.82) is 0 Å². The number of carbonyl (C=O) groups excluding carboxylic acids is 1. The first-order valence-corrected chi connectivity index (χ1v) is 5.67. The summed E-state index contributed by atoms with van der Waals surface area (Å²) in [7, 11) is 0. The van der Waals surface area contributed by atoms with Crippen LogP contribution in [0.4, 0.5) is 0 Å². The van der Waals surface area contributed by atoms with Gasteiger partial charge in [0.2, 0.25) is 0 Å². The van der Waals surface area contributed by atoms with Crippen LogP contribution in [0.1, 0.15) is 16.8 Å². The smallest absolute Gasteiger partial charge is 0.304 e. The Labute approximate surface area is 109 Å². The molecule has 0 fully saturated rings. The molecule has 1 rings (SSSR count). The van der Waals surface area contributed by atoms with Gasteiger partial charge >= 0.3 is 5.97 Å². The Morgan fingerprint density at radius 1 is 1.29 bits per heavy atom. The van der Waals surface area contributed by atoms with Gasteiger partial charge in [-0.25, -0.2) is 0 Å². The molecule has 4 nitrogen and oxygen atoms in total. The van der Waals surface area contributed by atoms with Crippen LogP contribution in [-0.2, 0) is 4.79 Å². The molecule has 0 spiro atoms. The molecule has 0 aliphatic heterocycles. The number of aliphatic carboxylic acids is 1. The molecule has 0 saturated heterocycles. The fourth-order valence-electron chi connectivity index (χ4n) is 1.21. The van der Waals surface area contributed by atoms with E-state index in [1.54, 1.807) is 12.1 Å². The van der Waals surface area contributed by atoms with E-state index in [9.17, 15) is 9.59 Å². The SMILES string of the molecule is O=C(O)CCNCC(=O)c1ccc(Cl)cc1Cl. The van der Waals surface area contributed by atoms with Crippen molar-refractivity contribution < 1.29 is 14.7 Å². The molecular formula is C11H11Cl2NO3. The summed E-state index contributed by atoms with van der Waals surface area (Å²) < 4.78 is 0. The van der Waals surface area contributed by atoms with Gasteiger partial charge in [-0.1, -0.05) is 23.2 Å². The van der Waals surface area contributed by atoms with E-state index in [2.05, 4.69) is 5.32 Å². The van der Waals surface area contributed by atoms with Crippen LogP contribution in [0.3, 0.4) is 0 Å². The van der Waals surface area contributed by atoms with E-state index in [1.807, 2.05) is 0 Å². The molecule has 1 aromatic rings. The Balaban J connectivity index is 2.50. The zero-order valence-corrected chi connectivity index (χ0v) is 10.4. The minimum Gasteiger partial charge on any atom is -0.481 e. The molecule has 92 valence electrons. The first-order valence-electron chi connectivity index (χ1n) is 4.91. The summed E-state index contributed by atoms with van der Waals surface area (Å²) in [5, 5.41) is 11.9. The molecule has 0 radical (unpaired) electrons. The van der Waals surface area contributed by atoms with E-state index in [1.165, 1.54) is 6.07 Å². The zero-order valence-electron chi connectivity index (χ0n) is 8.87. The number of ketones is 1. The summed E-state index contributed by atoms with van der Waals surface area (Å²) in [6.07, 6.45) is -0.0262. The Morgan fingerprint density at radius 3 is 2.59 bits per heavy atom. The van der Waals surface area contributed by atoms with Crippen LogP contribution < -0.4 is 5.32 Å². The predicted octanol–water partition coefficient (Wildman–Crippen LogP) is 2.24. The lowest BCUT2D eigenvalue weighted by Crippen LogP contribution is -2.25. The molecule has 0 heterocycles. The van der Waals surface area contributed by atoms with Crippen molar-refractivity contribution in [1.82, 2.24) is 5.32 Å². The van der Waals surface area contributed by atoms with E-state index in [-0.39, 0.29) is 25.3 Å². The van der Waals surface area contributed by atoms with E-state index in [0.717, 1.165) is 0 Å². The lowest BCUT2D eigenvalue weighted by Gasteiger charge is -2.05. The maximum atomic E-state index is 11.7. The third kappa shape index (κ3) is 4.73. The first kappa shape index (κ1) is 14.0. The van der Waals surface area contributed by atoms with Crippen molar-refractivity contribution >= 4 is 35.0 Å². The van der Waals surface area contributed by atoms with Crippen LogP contribution >= 0.6 is 23.2 Å². The highest BCUT2D eigenvalue weighted by atomic mass is 35.5. The minimum absolute atomic E-state index is 0.0262. The van der Waals surface area contributed by atoms with Crippen molar-refractivity contribution in [2.75, 3.05) is 13.1 Å². The summed E-state index contributed by atoms with van der Waals surface area (Å²) >= 11 is 11.6. The Bertz CT molecular complexity index is 435. The second-order valence-electron chi connectivity index (χ2n) is 3.37. The van der Waals surface area contributed by atoms with Gasteiger partial charge in [0.1, 0.15) is 0 Å². The fraction of sp³-hybridized carbons (Fsp3) is 0.273. The molecule has 0 bridgehead atoms. The number of carbonyl (C=O) groups is 2. The maximum Gasteiger partial charge on any atom is 0.304 e. The van der Waals surface area contributed by atoms with E-state index in [0.29, 0.717) is 15.6 Å². The highest BCUT2D eigenvalue weighted by Crippen LogP contribution is 2.21. The predicted molar refractivity (Wildman–Crippen MR) is 65.9 cm³/mol. The summed E-state index contributed by atoms with van der Waals surface area (Å²) in [5.41, 5.74) is 0.374. The molecule has 0 saturated carbocycles. The second kappa shape index (κ2) is 6.59. The number of halogens is 2. The number of rotatable bonds is 6. The first-order chi connectivity index (χ1) is 8.00. The van der Waals surface area contributed by atoms with Crippen LogP contribution in [0.25, 0.3) is 0 Å². The van der Waals surface area contributed by atoms with Crippen molar-refractivity contribution in [3.63, 3.8) is 0 Å². The van der Waals surface area contributed by atoms with Crippen molar-refractivity contribution in [2.24, 2.45) is 0 Å². The molecule has 0 aliphatic carbocycles. The minimum atomic E-state index is -0.908. The third-order valence-corrected chi connectivity index (χ3v) is 2.58. The number of hydrogen-bond donors (Lipinski definition) is 2. The van der Waals surface area contributed by atoms with Gasteiger partial charge in [0.25, 0.3) is 0 Å². The summed E-state index contributed by atoms with van der Waals surface area (Å²) in [6.45, 7) is 0.293. The van der Waals surface area contributed by atoms with Crippen LogP contribution in [0.15, 0.2) is 18.2 Å². The van der Waals surface area contributed by atoms with Crippen LogP contribution in [-0.4, -0.2) is 29.9 Å². The van der Waals surface area contributed by atoms with Gasteiger partial charge in [-0.15, -0.1) is 0 Å². The molecule has 6 heteroatoms. The molecule has 0 aromatic heterocycles. The average Bonchev–Trinajstić information content (AvgIpc) is 2.23. The lowest BCUT2D eigenvalue weighted by molar-refractivity contribution is -0.136. The van der Waals surface area contributed by atoms with Gasteiger partial charge in [-0.3, -0.25) is 9.59 Å². The fourth-order valence-corrected chi connectivity index (χ4v) is 1.72. The highest BCUT2D eigenvalue weighted by molar-refractivity contribution is 6.36. The lowest BCUT2D eigenvalue weighted by atomic mass is 10.1. The quantitative estimate of drug-likeness (QED) is 0.617. The Hall–Kier alpha value is -1.10. The molecule has 2 N–H and O–H groups in total. The van der Waals surface area contributed by atoms with Crippen LogP contribution in [0, 0.1) is 0 Å². The van der Waals surface area contributed by atoms with E-state index in [4.69, 9.17) is 28.3 Å². The molecule has 1 aromatic carbocycles. The maximum absolute atomic E-state index is 11.7. The number of nitrogens with one attached hydrogen (secondary N) is 1. The van der Waals surface area contributed by atoms with E-state index >= 15 is 0 Å². The molecule has 17 heavy (non-hydrogen) atoms. The molecule has 0 unspecified atom stereocenters. The summed E-state index contributed by atoms with van der Waals surface area (Å²) in [5.74, 6) is -1.11. The Kier molecular flexibility index (Phi) is 5.41. The number of hydrogen-bond acceptors (Lipinski definition) is 3. The Morgan fingerprint density at radius 2 is 2.00 bits per heavy atom. The standard InChI is InChI=1S/C11H11Cl2NO3/c12-7-1-2-8(9(13)5-7)10(15)6-14-4-3-11(16)17/h1-2,5,14H,3-4,6H2,(H,16,17). The van der Waals surface area contributed by atoms with Crippen molar-refractivity contribution in [2.45, 2.75) is 6.42 Å². The molecule has 0 atom stereocenters. The van der Waals surface area contributed by atoms with Gasteiger partial charge in [0, 0.05) is 17.1 Å². The topological polar surface area (TPSA) is 66.4 Å². The molecule has 0 aliphatic rings. The van der Waals surface area contributed by atoms with Crippen LogP contribution in [0.2, 0.25) is 10.0 Å². The van der Waals surface area contributed by atoms with E-state index < -0.39 is 5.97 Å². The van der Waals surface area contributed by atoms with Gasteiger partial charge in [-0.2, -0.15) is 0 Å². The van der Waals surface area contributed by atoms with Crippen molar-refractivity contribution in [3.8, 4) is 0 Å².